The Morgan fingerprint density at radius 1 is 1.29 bits per heavy atom. The molecule has 0 aliphatic carbocycles. The lowest BCUT2D eigenvalue weighted by Crippen LogP contribution is -2.49. The number of nitrogens with one attached hydrogen (secondary N) is 1. The van der Waals surface area contributed by atoms with Gasteiger partial charge in [-0.3, -0.25) is 14.7 Å². The van der Waals surface area contributed by atoms with Crippen LogP contribution in [0, 0.1) is 5.82 Å². The minimum absolute atomic E-state index is 0.0217. The van der Waals surface area contributed by atoms with Gasteiger partial charge in [-0.05, 0) is 37.0 Å². The van der Waals surface area contributed by atoms with Gasteiger partial charge in [-0.2, -0.15) is 0 Å². The number of aliphatic hydroxyl groups is 1. The van der Waals surface area contributed by atoms with Gasteiger partial charge in [-0.15, -0.1) is 11.3 Å². The highest BCUT2D eigenvalue weighted by atomic mass is 79.9. The molecule has 2 unspecified atom stereocenters. The van der Waals surface area contributed by atoms with Gasteiger partial charge in [0.05, 0.1) is 6.61 Å². The number of halogens is 3. The minimum Gasteiger partial charge on any atom is -0.400 e. The number of amidine groups is 1. The second-order valence-corrected chi connectivity index (χ2v) is 11.5. The molecule has 8 nitrogen and oxygen atoms in total. The number of alkyl halides is 1. The molecule has 3 heterocycles. The standard InChI is InChI=1S/C26H29BrF2N4O3S.C3H8.CH4O/c1-2-3-22(35)23-21(14-33-13-17(29)4-6-18(33)15-36-10-9-34)31-25(26-30-8-11-37-26)32-24(23)19-7-5-16(28)12-20(19)27;1-3-2;1-2/h5,7-9,11-12,17-18,24H,2-4,6,10,13-15H2,1H3,(H,31,32);3H2,1-2H3;2H,1H3/t17?,18?,24-;;/m0../s1. The lowest BCUT2D eigenvalue weighted by molar-refractivity contribution is -0.116. The molecule has 2 aromatic rings. The minimum atomic E-state index is -1.00. The third-order valence-electron chi connectivity index (χ3n) is 6.41. The summed E-state index contributed by atoms with van der Waals surface area (Å²) in [5, 5.41) is 12.8. The summed E-state index contributed by atoms with van der Waals surface area (Å²) in [5.41, 5.74) is 1.75. The van der Waals surface area contributed by atoms with Crippen LogP contribution in [0.25, 0.3) is 0 Å². The molecule has 1 aromatic carbocycles. The number of aliphatic hydroxyl groups excluding tert-OH is 1. The van der Waals surface area contributed by atoms with E-state index in [0.29, 0.717) is 64.1 Å². The van der Waals surface area contributed by atoms with Crippen molar-refractivity contribution >= 4 is 45.2 Å². The second-order valence-electron chi connectivity index (χ2n) is 9.74. The molecule has 1 saturated heterocycles. The van der Waals surface area contributed by atoms with Crippen molar-refractivity contribution in [1.82, 2.24) is 15.2 Å². The average molecular weight is 672 g/mol. The number of aldehydes is 1. The molecule has 0 spiro atoms. The normalized spacial score (nSPS) is 20.4. The summed E-state index contributed by atoms with van der Waals surface area (Å²) in [6.45, 7) is 6.90. The Morgan fingerprint density at radius 3 is 2.64 bits per heavy atom. The largest absolute Gasteiger partial charge is 0.400 e. The summed E-state index contributed by atoms with van der Waals surface area (Å²) in [6, 6.07) is 3.53. The number of hydrogen-bond donors (Lipinski definition) is 2. The molecule has 42 heavy (non-hydrogen) atoms. The van der Waals surface area contributed by atoms with Crippen molar-refractivity contribution in [3.8, 4) is 0 Å². The smallest absolute Gasteiger partial charge is 0.163 e. The number of hydrogen-bond acceptors (Lipinski definition) is 9. The van der Waals surface area contributed by atoms with Gasteiger partial charge >= 0.3 is 0 Å². The molecule has 0 radical (unpaired) electrons. The number of ketones is 1. The number of aliphatic imine (C=N–C) groups is 1. The maximum atomic E-state index is 14.5. The van der Waals surface area contributed by atoms with Crippen LogP contribution in [-0.2, 0) is 14.3 Å². The molecule has 1 aromatic heterocycles. The van der Waals surface area contributed by atoms with Gasteiger partial charge in [0.15, 0.2) is 16.6 Å². The molecule has 0 saturated carbocycles. The summed E-state index contributed by atoms with van der Waals surface area (Å²) in [6.07, 6.45) is 4.56. The lowest BCUT2D eigenvalue weighted by atomic mass is 9.90. The van der Waals surface area contributed by atoms with Crippen molar-refractivity contribution in [1.29, 1.82) is 0 Å². The van der Waals surface area contributed by atoms with E-state index >= 15 is 0 Å². The van der Waals surface area contributed by atoms with Crippen LogP contribution in [0.1, 0.15) is 69.5 Å². The van der Waals surface area contributed by atoms with Crippen LogP contribution in [0.15, 0.2) is 50.5 Å². The quantitative estimate of drug-likeness (QED) is 0.230. The third-order valence-corrected chi connectivity index (χ3v) is 7.88. The van der Waals surface area contributed by atoms with E-state index in [0.717, 1.165) is 7.11 Å². The first-order valence-electron chi connectivity index (χ1n) is 14.1. The first-order chi connectivity index (χ1) is 20.3. The van der Waals surface area contributed by atoms with Crippen LogP contribution in [-0.4, -0.2) is 78.5 Å². The van der Waals surface area contributed by atoms with Gasteiger partial charge in [0.2, 0.25) is 0 Å². The molecule has 232 valence electrons. The SMILES string of the molecule is CCC.CCCC(=O)C1=C(CN2CC(F)CCC2COCC=O)NC(c2nccs2)=N[C@H]1c1ccc(F)cc1Br.CO. The van der Waals surface area contributed by atoms with Crippen LogP contribution < -0.4 is 5.32 Å². The van der Waals surface area contributed by atoms with Gasteiger partial charge in [0.1, 0.15) is 30.9 Å². The number of aromatic nitrogens is 1. The van der Waals surface area contributed by atoms with Gasteiger partial charge in [-0.1, -0.05) is 49.2 Å². The van der Waals surface area contributed by atoms with Gasteiger partial charge in [0, 0.05) is 60.0 Å². The molecular formula is C30H41BrF2N4O4S. The first-order valence-corrected chi connectivity index (χ1v) is 15.8. The summed E-state index contributed by atoms with van der Waals surface area (Å²) in [5.74, 6) is 0.0253. The molecule has 4 rings (SSSR count). The van der Waals surface area contributed by atoms with E-state index in [1.807, 2.05) is 17.2 Å². The Hall–Kier alpha value is -2.38. The predicted molar refractivity (Wildman–Crippen MR) is 166 cm³/mol. The highest BCUT2D eigenvalue weighted by Crippen LogP contribution is 2.38. The highest BCUT2D eigenvalue weighted by Gasteiger charge is 2.35. The Bertz CT molecular complexity index is 1200. The average Bonchev–Trinajstić information content (AvgIpc) is 3.51. The summed E-state index contributed by atoms with van der Waals surface area (Å²) < 4.78 is 34.5. The molecule has 0 bridgehead atoms. The van der Waals surface area contributed by atoms with Gasteiger partial charge < -0.3 is 20.0 Å². The lowest BCUT2D eigenvalue weighted by Gasteiger charge is -2.39. The molecule has 3 atom stereocenters. The maximum absolute atomic E-state index is 14.5. The summed E-state index contributed by atoms with van der Waals surface area (Å²) in [7, 11) is 1.00. The molecule has 2 aliphatic heterocycles. The van der Waals surface area contributed by atoms with Crippen molar-refractivity contribution in [2.24, 2.45) is 4.99 Å². The fourth-order valence-electron chi connectivity index (χ4n) is 4.69. The Labute approximate surface area is 259 Å². The predicted octanol–water partition coefficient (Wildman–Crippen LogP) is 5.80. The number of Topliss-reactive ketones (excluding diaryl/α,β-unsaturated/α-hetero) is 1. The van der Waals surface area contributed by atoms with Crippen molar-refractivity contribution in [2.45, 2.75) is 71.1 Å². The van der Waals surface area contributed by atoms with Gasteiger partial charge in [0.25, 0.3) is 0 Å². The number of piperidine rings is 1. The summed E-state index contributed by atoms with van der Waals surface area (Å²) in [4.78, 5) is 35.5. The highest BCUT2D eigenvalue weighted by molar-refractivity contribution is 9.10. The van der Waals surface area contributed by atoms with Crippen LogP contribution >= 0.6 is 27.3 Å². The van der Waals surface area contributed by atoms with E-state index in [9.17, 15) is 18.4 Å². The van der Waals surface area contributed by atoms with E-state index in [-0.39, 0.29) is 38.1 Å². The third kappa shape index (κ3) is 10.1. The van der Waals surface area contributed by atoms with Crippen LogP contribution in [0.3, 0.4) is 0 Å². The van der Waals surface area contributed by atoms with E-state index in [1.54, 1.807) is 12.3 Å². The fraction of sp³-hybridized carbons (Fsp3) is 0.533. The Kier molecular flexibility index (Phi) is 16.2. The van der Waals surface area contributed by atoms with Gasteiger partial charge in [-0.25, -0.2) is 13.8 Å². The van der Waals surface area contributed by atoms with Crippen molar-refractivity contribution < 1.29 is 28.2 Å². The van der Waals surface area contributed by atoms with E-state index < -0.39 is 18.0 Å². The zero-order valence-corrected chi connectivity index (χ0v) is 27.0. The van der Waals surface area contributed by atoms with Crippen LogP contribution in [0.2, 0.25) is 0 Å². The monoisotopic (exact) mass is 670 g/mol. The summed E-state index contributed by atoms with van der Waals surface area (Å²) >= 11 is 4.86. The number of nitrogens with zero attached hydrogens (tertiary/aromatic N) is 3. The number of ether oxygens (including phenoxy) is 1. The zero-order valence-electron chi connectivity index (χ0n) is 24.6. The molecule has 1 fully saturated rings. The first kappa shape index (κ1) is 35.8. The fourth-order valence-corrected chi connectivity index (χ4v) is 5.85. The van der Waals surface area contributed by atoms with E-state index in [4.69, 9.17) is 14.8 Å². The number of likely N-dealkylation sites (tertiary alicyclic amines) is 1. The van der Waals surface area contributed by atoms with E-state index in [2.05, 4.69) is 40.1 Å². The molecule has 12 heteroatoms. The molecule has 2 N–H and O–H groups in total. The van der Waals surface area contributed by atoms with Crippen molar-refractivity contribution in [3.05, 3.63) is 61.9 Å². The number of benzene rings is 1. The van der Waals surface area contributed by atoms with Crippen LogP contribution in [0.5, 0.6) is 0 Å². The maximum Gasteiger partial charge on any atom is 0.163 e. The zero-order chi connectivity index (χ0) is 31.1. The van der Waals surface area contributed by atoms with Crippen molar-refractivity contribution in [3.63, 3.8) is 0 Å². The van der Waals surface area contributed by atoms with E-state index in [1.165, 1.54) is 29.9 Å². The Balaban J connectivity index is 0.00000116. The molecule has 0 amide bonds. The Morgan fingerprint density at radius 2 is 2.02 bits per heavy atom. The van der Waals surface area contributed by atoms with Crippen molar-refractivity contribution in [2.75, 3.05) is 33.4 Å². The number of thiazole rings is 1. The molecule has 2 aliphatic rings. The topological polar surface area (TPSA) is 104 Å². The number of carbonyl (C=O) groups is 2. The van der Waals surface area contributed by atoms with Crippen LogP contribution in [0.4, 0.5) is 8.78 Å². The number of carbonyl (C=O) groups excluding carboxylic acids is 2. The second kappa shape index (κ2) is 19.0. The molecular weight excluding hydrogens is 630 g/mol. The number of rotatable bonds is 11.